The van der Waals surface area contributed by atoms with E-state index in [1.165, 1.54) is 31.2 Å². The fourth-order valence-corrected chi connectivity index (χ4v) is 1.89. The summed E-state index contributed by atoms with van der Waals surface area (Å²) in [4.78, 5) is 0. The Morgan fingerprint density at radius 2 is 2.07 bits per heavy atom. The van der Waals surface area contributed by atoms with E-state index in [1.807, 2.05) is 0 Å². The maximum absolute atomic E-state index is 5.48. The lowest BCUT2D eigenvalue weighted by Gasteiger charge is -2.03. The fourth-order valence-electron chi connectivity index (χ4n) is 1.89. The summed E-state index contributed by atoms with van der Waals surface area (Å²) in [7, 11) is 0. The molecule has 0 radical (unpaired) electrons. The van der Waals surface area contributed by atoms with E-state index in [-0.39, 0.29) is 0 Å². The van der Waals surface area contributed by atoms with Crippen molar-refractivity contribution >= 4 is 0 Å². The second kappa shape index (κ2) is 4.61. The standard InChI is InChI=1S/C13H19N/c14-9-2-1-4-11-5-3-6-13(10-11)12-7-8-12/h3,5-6,10,12H,1-2,4,7-9,14H2. The van der Waals surface area contributed by atoms with Gasteiger partial charge in [0.2, 0.25) is 0 Å². The van der Waals surface area contributed by atoms with Gasteiger partial charge in [-0.25, -0.2) is 0 Å². The van der Waals surface area contributed by atoms with Crippen molar-refractivity contribution in [3.8, 4) is 0 Å². The molecule has 1 saturated carbocycles. The Labute approximate surface area is 86.3 Å². The van der Waals surface area contributed by atoms with Gasteiger partial charge in [0, 0.05) is 0 Å². The molecule has 0 spiro atoms. The number of unbranched alkanes of at least 4 members (excludes halogenated alkanes) is 1. The minimum absolute atomic E-state index is 0.822. The first-order valence-electron chi connectivity index (χ1n) is 5.69. The molecule has 0 amide bonds. The third kappa shape index (κ3) is 2.58. The monoisotopic (exact) mass is 189 g/mol. The largest absolute Gasteiger partial charge is 0.330 e. The Bertz CT molecular complexity index is 289. The predicted molar refractivity (Wildman–Crippen MR) is 60.4 cm³/mol. The van der Waals surface area contributed by atoms with Crippen LogP contribution >= 0.6 is 0 Å². The van der Waals surface area contributed by atoms with E-state index in [2.05, 4.69) is 24.3 Å². The highest BCUT2D eigenvalue weighted by atomic mass is 14.5. The van der Waals surface area contributed by atoms with Crippen LogP contribution in [-0.4, -0.2) is 6.54 Å². The Morgan fingerprint density at radius 3 is 2.79 bits per heavy atom. The van der Waals surface area contributed by atoms with E-state index in [9.17, 15) is 0 Å². The van der Waals surface area contributed by atoms with Crippen LogP contribution in [-0.2, 0) is 6.42 Å². The first-order valence-corrected chi connectivity index (χ1v) is 5.69. The molecule has 1 heteroatoms. The molecule has 1 aromatic rings. The van der Waals surface area contributed by atoms with Crippen LogP contribution < -0.4 is 5.73 Å². The molecule has 1 nitrogen and oxygen atoms in total. The average molecular weight is 189 g/mol. The van der Waals surface area contributed by atoms with Crippen LogP contribution in [0, 0.1) is 0 Å². The zero-order valence-corrected chi connectivity index (χ0v) is 8.71. The average Bonchev–Trinajstić information content (AvgIpc) is 3.02. The number of rotatable bonds is 5. The second-order valence-corrected chi connectivity index (χ2v) is 4.27. The highest BCUT2D eigenvalue weighted by molar-refractivity contribution is 5.29. The van der Waals surface area contributed by atoms with Crippen molar-refractivity contribution < 1.29 is 0 Å². The summed E-state index contributed by atoms with van der Waals surface area (Å²) in [5.41, 5.74) is 8.52. The molecular formula is C13H19N. The van der Waals surface area contributed by atoms with E-state index in [0.717, 1.165) is 18.9 Å². The molecule has 0 unspecified atom stereocenters. The summed E-state index contributed by atoms with van der Waals surface area (Å²) < 4.78 is 0. The van der Waals surface area contributed by atoms with Crippen LogP contribution in [0.25, 0.3) is 0 Å². The molecule has 0 bridgehead atoms. The van der Waals surface area contributed by atoms with Crippen LogP contribution in [0.15, 0.2) is 24.3 Å². The summed E-state index contributed by atoms with van der Waals surface area (Å²) in [6.45, 7) is 0.822. The Morgan fingerprint density at radius 1 is 1.21 bits per heavy atom. The van der Waals surface area contributed by atoms with Gasteiger partial charge in [-0.1, -0.05) is 24.3 Å². The summed E-state index contributed by atoms with van der Waals surface area (Å²) in [5.74, 6) is 0.879. The van der Waals surface area contributed by atoms with Gasteiger partial charge in [-0.2, -0.15) is 0 Å². The van der Waals surface area contributed by atoms with Crippen molar-refractivity contribution in [3.05, 3.63) is 35.4 Å². The smallest absolute Gasteiger partial charge is 0.00772 e. The lowest BCUT2D eigenvalue weighted by Crippen LogP contribution is -1.99. The van der Waals surface area contributed by atoms with Crippen molar-refractivity contribution in [2.24, 2.45) is 5.73 Å². The first kappa shape index (κ1) is 9.72. The maximum Gasteiger partial charge on any atom is -0.00772 e. The molecule has 76 valence electrons. The topological polar surface area (TPSA) is 26.0 Å². The lowest BCUT2D eigenvalue weighted by atomic mass is 10.0. The van der Waals surface area contributed by atoms with Crippen molar-refractivity contribution in [1.82, 2.24) is 0 Å². The Kier molecular flexibility index (Phi) is 3.20. The van der Waals surface area contributed by atoms with Gasteiger partial charge in [0.25, 0.3) is 0 Å². The number of hydrogen-bond acceptors (Lipinski definition) is 1. The molecule has 14 heavy (non-hydrogen) atoms. The number of hydrogen-bond donors (Lipinski definition) is 1. The van der Waals surface area contributed by atoms with Crippen molar-refractivity contribution in [2.75, 3.05) is 6.54 Å². The summed E-state index contributed by atoms with van der Waals surface area (Å²) in [6.07, 6.45) is 6.36. The van der Waals surface area contributed by atoms with Gasteiger partial charge in [0.15, 0.2) is 0 Å². The molecule has 2 N–H and O–H groups in total. The van der Waals surface area contributed by atoms with Gasteiger partial charge >= 0.3 is 0 Å². The number of benzene rings is 1. The SMILES string of the molecule is NCCCCc1cccc(C2CC2)c1. The van der Waals surface area contributed by atoms with Crippen LogP contribution in [0.4, 0.5) is 0 Å². The lowest BCUT2D eigenvalue weighted by molar-refractivity contribution is 0.744. The minimum Gasteiger partial charge on any atom is -0.330 e. The van der Waals surface area contributed by atoms with Crippen molar-refractivity contribution in [3.63, 3.8) is 0 Å². The zero-order valence-electron chi connectivity index (χ0n) is 8.71. The third-order valence-corrected chi connectivity index (χ3v) is 2.92. The molecule has 1 fully saturated rings. The first-order chi connectivity index (χ1) is 6.90. The van der Waals surface area contributed by atoms with E-state index < -0.39 is 0 Å². The molecule has 0 saturated heterocycles. The summed E-state index contributed by atoms with van der Waals surface area (Å²) >= 11 is 0. The third-order valence-electron chi connectivity index (χ3n) is 2.92. The predicted octanol–water partition coefficient (Wildman–Crippen LogP) is 2.85. The highest BCUT2D eigenvalue weighted by Gasteiger charge is 2.23. The molecule has 0 atom stereocenters. The van der Waals surface area contributed by atoms with Crippen molar-refractivity contribution in [1.29, 1.82) is 0 Å². The molecular weight excluding hydrogens is 170 g/mol. The minimum atomic E-state index is 0.822. The number of nitrogens with two attached hydrogens (primary N) is 1. The van der Waals surface area contributed by atoms with Gasteiger partial charge in [0.05, 0.1) is 0 Å². The molecule has 0 aliphatic heterocycles. The van der Waals surface area contributed by atoms with E-state index in [4.69, 9.17) is 5.73 Å². The van der Waals surface area contributed by atoms with Crippen LogP contribution in [0.1, 0.15) is 42.7 Å². The second-order valence-electron chi connectivity index (χ2n) is 4.27. The maximum atomic E-state index is 5.48. The van der Waals surface area contributed by atoms with Crippen LogP contribution in [0.5, 0.6) is 0 Å². The van der Waals surface area contributed by atoms with Crippen molar-refractivity contribution in [2.45, 2.75) is 38.0 Å². The summed E-state index contributed by atoms with van der Waals surface area (Å²) in [6, 6.07) is 9.09. The van der Waals surface area contributed by atoms with E-state index in [1.54, 1.807) is 5.56 Å². The molecule has 0 aromatic heterocycles. The van der Waals surface area contributed by atoms with Crippen LogP contribution in [0.3, 0.4) is 0 Å². The molecule has 2 rings (SSSR count). The van der Waals surface area contributed by atoms with Crippen LogP contribution in [0.2, 0.25) is 0 Å². The van der Waals surface area contributed by atoms with Gasteiger partial charge < -0.3 is 5.73 Å². The molecule has 1 aliphatic rings. The zero-order chi connectivity index (χ0) is 9.80. The van der Waals surface area contributed by atoms with E-state index >= 15 is 0 Å². The normalized spacial score (nSPS) is 15.8. The highest BCUT2D eigenvalue weighted by Crippen LogP contribution is 2.40. The van der Waals surface area contributed by atoms with Gasteiger partial charge in [-0.05, 0) is 55.7 Å². The molecule has 0 heterocycles. The Balaban J connectivity index is 1.92. The number of aryl methyl sites for hydroxylation is 1. The molecule has 1 aromatic carbocycles. The molecule has 1 aliphatic carbocycles. The van der Waals surface area contributed by atoms with E-state index in [0.29, 0.717) is 0 Å². The fraction of sp³-hybridized carbons (Fsp3) is 0.538. The quantitative estimate of drug-likeness (QED) is 0.708. The van der Waals surface area contributed by atoms with Gasteiger partial charge in [-0.3, -0.25) is 0 Å². The van der Waals surface area contributed by atoms with Gasteiger partial charge in [-0.15, -0.1) is 0 Å². The Hall–Kier alpha value is -0.820. The van der Waals surface area contributed by atoms with Gasteiger partial charge in [0.1, 0.15) is 0 Å². The summed E-state index contributed by atoms with van der Waals surface area (Å²) in [5, 5.41) is 0.